The highest BCUT2D eigenvalue weighted by Crippen LogP contribution is 2.16. The van der Waals surface area contributed by atoms with Crippen LogP contribution in [0.2, 0.25) is 0 Å². The number of nitrogens with one attached hydrogen (secondary N) is 1. The molecule has 134 valence electrons. The number of imidazole rings is 1. The summed E-state index contributed by atoms with van der Waals surface area (Å²) in [5.41, 5.74) is 4.01. The molecule has 0 aliphatic carbocycles. The van der Waals surface area contributed by atoms with Crippen molar-refractivity contribution < 1.29 is 9.90 Å². The van der Waals surface area contributed by atoms with Crippen LogP contribution in [0.15, 0.2) is 67.3 Å². The second kappa shape index (κ2) is 7.35. The van der Waals surface area contributed by atoms with Gasteiger partial charge in [-0.1, -0.05) is 18.2 Å². The SMILES string of the molecule is O=C(Nc1cccc(CO)c1)c1cnc2c(c1)ncn2Cc1ccccn1. The van der Waals surface area contributed by atoms with Gasteiger partial charge in [0.15, 0.2) is 5.65 Å². The summed E-state index contributed by atoms with van der Waals surface area (Å²) in [6, 6.07) is 14.5. The lowest BCUT2D eigenvalue weighted by molar-refractivity contribution is 0.102. The number of aliphatic hydroxyl groups excluding tert-OH is 1. The minimum Gasteiger partial charge on any atom is -0.392 e. The van der Waals surface area contributed by atoms with E-state index < -0.39 is 0 Å². The van der Waals surface area contributed by atoms with E-state index in [0.717, 1.165) is 11.3 Å². The summed E-state index contributed by atoms with van der Waals surface area (Å²) >= 11 is 0. The standard InChI is InChI=1S/C20H17N5O2/c26-12-14-4-3-6-16(8-14)24-20(27)15-9-18-19(22-10-15)25(13-23-18)11-17-5-1-2-7-21-17/h1-10,13,26H,11-12H2,(H,24,27). The zero-order valence-corrected chi connectivity index (χ0v) is 14.4. The van der Waals surface area contributed by atoms with Crippen molar-refractivity contribution in [2.75, 3.05) is 5.32 Å². The number of hydrogen-bond donors (Lipinski definition) is 2. The first-order valence-electron chi connectivity index (χ1n) is 8.45. The van der Waals surface area contributed by atoms with Crippen molar-refractivity contribution in [1.82, 2.24) is 19.5 Å². The fourth-order valence-electron chi connectivity index (χ4n) is 2.81. The largest absolute Gasteiger partial charge is 0.392 e. The Morgan fingerprint density at radius 3 is 2.81 bits per heavy atom. The Morgan fingerprint density at radius 2 is 2.00 bits per heavy atom. The Morgan fingerprint density at radius 1 is 1.07 bits per heavy atom. The van der Waals surface area contributed by atoms with E-state index in [4.69, 9.17) is 0 Å². The van der Waals surface area contributed by atoms with Crippen molar-refractivity contribution in [2.45, 2.75) is 13.2 Å². The number of aliphatic hydroxyl groups is 1. The highest BCUT2D eigenvalue weighted by molar-refractivity contribution is 6.05. The number of pyridine rings is 2. The minimum absolute atomic E-state index is 0.0784. The summed E-state index contributed by atoms with van der Waals surface area (Å²) in [5.74, 6) is -0.279. The number of rotatable bonds is 5. The van der Waals surface area contributed by atoms with Crippen LogP contribution in [-0.4, -0.2) is 30.5 Å². The smallest absolute Gasteiger partial charge is 0.257 e. The third-order valence-electron chi connectivity index (χ3n) is 4.14. The van der Waals surface area contributed by atoms with Crippen LogP contribution in [0.25, 0.3) is 11.2 Å². The summed E-state index contributed by atoms with van der Waals surface area (Å²) in [6.07, 6.45) is 4.97. The molecule has 27 heavy (non-hydrogen) atoms. The third-order valence-corrected chi connectivity index (χ3v) is 4.14. The summed E-state index contributed by atoms with van der Waals surface area (Å²) in [4.78, 5) is 25.6. The molecule has 3 aromatic heterocycles. The van der Waals surface area contributed by atoms with Gasteiger partial charge in [-0.2, -0.15) is 0 Å². The Bertz CT molecular complexity index is 1090. The Labute approximate surface area is 155 Å². The Balaban J connectivity index is 1.55. The van der Waals surface area contributed by atoms with E-state index in [1.165, 1.54) is 6.20 Å². The van der Waals surface area contributed by atoms with Gasteiger partial charge in [0.2, 0.25) is 0 Å². The molecule has 0 fully saturated rings. The predicted octanol–water partition coefficient (Wildman–Crippen LogP) is 2.62. The Kier molecular flexibility index (Phi) is 4.59. The van der Waals surface area contributed by atoms with Gasteiger partial charge >= 0.3 is 0 Å². The molecule has 4 rings (SSSR count). The van der Waals surface area contributed by atoms with E-state index in [2.05, 4.69) is 20.3 Å². The molecule has 0 saturated heterocycles. The van der Waals surface area contributed by atoms with Gasteiger partial charge in [0.1, 0.15) is 5.52 Å². The first-order valence-corrected chi connectivity index (χ1v) is 8.45. The Hall–Kier alpha value is -3.58. The zero-order chi connectivity index (χ0) is 18.6. The molecule has 0 bridgehead atoms. The summed E-state index contributed by atoms with van der Waals surface area (Å²) in [7, 11) is 0. The van der Waals surface area contributed by atoms with Gasteiger partial charge in [-0.3, -0.25) is 9.78 Å². The molecule has 3 heterocycles. The van der Waals surface area contributed by atoms with E-state index in [1.54, 1.807) is 42.9 Å². The maximum Gasteiger partial charge on any atom is 0.257 e. The van der Waals surface area contributed by atoms with Crippen molar-refractivity contribution in [3.63, 3.8) is 0 Å². The van der Waals surface area contributed by atoms with E-state index in [-0.39, 0.29) is 12.5 Å². The van der Waals surface area contributed by atoms with Gasteiger partial charge in [0, 0.05) is 18.1 Å². The maximum atomic E-state index is 12.5. The molecule has 0 saturated carbocycles. The lowest BCUT2D eigenvalue weighted by Crippen LogP contribution is -2.12. The van der Waals surface area contributed by atoms with Crippen LogP contribution in [0, 0.1) is 0 Å². The molecule has 0 radical (unpaired) electrons. The first kappa shape index (κ1) is 16.9. The molecule has 7 heteroatoms. The predicted molar refractivity (Wildman–Crippen MR) is 101 cm³/mol. The van der Waals surface area contributed by atoms with Crippen molar-refractivity contribution in [2.24, 2.45) is 0 Å². The molecule has 2 N–H and O–H groups in total. The van der Waals surface area contributed by atoms with Crippen molar-refractivity contribution in [1.29, 1.82) is 0 Å². The molecule has 1 amide bonds. The molecular formula is C20H17N5O2. The number of carbonyl (C=O) groups is 1. The summed E-state index contributed by atoms with van der Waals surface area (Å²) in [5, 5.41) is 12.0. The molecule has 0 atom stereocenters. The van der Waals surface area contributed by atoms with Gasteiger partial charge in [0.05, 0.1) is 30.7 Å². The van der Waals surface area contributed by atoms with Crippen LogP contribution < -0.4 is 5.32 Å². The van der Waals surface area contributed by atoms with Crippen LogP contribution in [0.4, 0.5) is 5.69 Å². The third kappa shape index (κ3) is 3.68. The molecule has 0 aliphatic rings. The molecule has 1 aromatic carbocycles. The molecular weight excluding hydrogens is 342 g/mol. The second-order valence-electron chi connectivity index (χ2n) is 6.07. The number of carbonyl (C=O) groups excluding carboxylic acids is 1. The van der Waals surface area contributed by atoms with E-state index in [9.17, 15) is 9.90 Å². The van der Waals surface area contributed by atoms with Gasteiger partial charge in [0.25, 0.3) is 5.91 Å². The van der Waals surface area contributed by atoms with Crippen LogP contribution in [0.5, 0.6) is 0 Å². The van der Waals surface area contributed by atoms with Crippen molar-refractivity contribution in [3.8, 4) is 0 Å². The quantitative estimate of drug-likeness (QED) is 0.571. The number of fused-ring (bicyclic) bond motifs is 1. The first-order chi connectivity index (χ1) is 13.2. The normalized spacial score (nSPS) is 10.9. The number of amides is 1. The van der Waals surface area contributed by atoms with Crippen LogP contribution in [0.3, 0.4) is 0 Å². The number of nitrogens with zero attached hydrogens (tertiary/aromatic N) is 4. The minimum atomic E-state index is -0.279. The molecule has 0 aliphatic heterocycles. The van der Waals surface area contributed by atoms with E-state index in [1.807, 2.05) is 22.8 Å². The highest BCUT2D eigenvalue weighted by atomic mass is 16.3. The molecule has 0 spiro atoms. The van der Waals surface area contributed by atoms with Gasteiger partial charge in [-0.15, -0.1) is 0 Å². The zero-order valence-electron chi connectivity index (χ0n) is 14.4. The van der Waals surface area contributed by atoms with Gasteiger partial charge < -0.3 is 15.0 Å². The second-order valence-corrected chi connectivity index (χ2v) is 6.07. The van der Waals surface area contributed by atoms with Crippen LogP contribution in [-0.2, 0) is 13.2 Å². The van der Waals surface area contributed by atoms with Crippen molar-refractivity contribution in [3.05, 3.63) is 84.1 Å². The monoisotopic (exact) mass is 359 g/mol. The topological polar surface area (TPSA) is 92.9 Å². The number of aromatic nitrogens is 4. The fourth-order valence-corrected chi connectivity index (χ4v) is 2.81. The molecule has 0 unspecified atom stereocenters. The highest BCUT2D eigenvalue weighted by Gasteiger charge is 2.11. The van der Waals surface area contributed by atoms with Crippen molar-refractivity contribution >= 4 is 22.8 Å². The van der Waals surface area contributed by atoms with E-state index >= 15 is 0 Å². The number of anilines is 1. The summed E-state index contributed by atoms with van der Waals surface area (Å²) < 4.78 is 1.89. The van der Waals surface area contributed by atoms with Crippen LogP contribution >= 0.6 is 0 Å². The maximum absolute atomic E-state index is 12.5. The van der Waals surface area contributed by atoms with Gasteiger partial charge in [-0.25, -0.2) is 9.97 Å². The van der Waals surface area contributed by atoms with Crippen LogP contribution in [0.1, 0.15) is 21.6 Å². The average Bonchev–Trinajstić information content (AvgIpc) is 3.11. The number of benzene rings is 1. The average molecular weight is 359 g/mol. The number of hydrogen-bond acceptors (Lipinski definition) is 5. The lowest BCUT2D eigenvalue weighted by atomic mass is 10.2. The molecule has 7 nitrogen and oxygen atoms in total. The van der Waals surface area contributed by atoms with Gasteiger partial charge in [-0.05, 0) is 35.9 Å². The molecule has 4 aromatic rings. The lowest BCUT2D eigenvalue weighted by Gasteiger charge is -2.07. The summed E-state index contributed by atoms with van der Waals surface area (Å²) in [6.45, 7) is 0.481. The fraction of sp³-hybridized carbons (Fsp3) is 0.100. The van der Waals surface area contributed by atoms with E-state index in [0.29, 0.717) is 29.0 Å².